The van der Waals surface area contributed by atoms with Crippen LogP contribution in [0.5, 0.6) is 0 Å². The molecule has 2 heterocycles. The van der Waals surface area contributed by atoms with Crippen LogP contribution in [0, 0.1) is 0 Å². The zero-order chi connectivity index (χ0) is 20.4. The number of nitrogens with one attached hydrogen (secondary N) is 1. The summed E-state index contributed by atoms with van der Waals surface area (Å²) in [6.45, 7) is 3.93. The van der Waals surface area contributed by atoms with Gasteiger partial charge in [0.25, 0.3) is 10.0 Å². The van der Waals surface area contributed by atoms with Crippen molar-refractivity contribution in [2.45, 2.75) is 24.9 Å². The third kappa shape index (κ3) is 4.23. The molecular weight excluding hydrogens is 404 g/mol. The number of nitrogens with zero attached hydrogens (tertiary/aromatic N) is 3. The highest BCUT2D eigenvalue weighted by Crippen LogP contribution is 2.29. The molecule has 2 aromatic heterocycles. The maximum Gasteiger partial charge on any atom is 0.280 e. The Kier molecular flexibility index (Phi) is 5.21. The lowest BCUT2D eigenvalue weighted by molar-refractivity contribution is 0.591. The van der Waals surface area contributed by atoms with Gasteiger partial charge in [-0.2, -0.15) is 8.42 Å². The molecule has 6 nitrogen and oxygen atoms in total. The second-order valence-electron chi connectivity index (χ2n) is 6.84. The van der Waals surface area contributed by atoms with Crippen molar-refractivity contribution in [3.8, 4) is 21.8 Å². The second-order valence-corrected chi connectivity index (χ2v) is 9.33. The Hall–Kier alpha value is -2.97. The predicted octanol–water partition coefficient (Wildman–Crippen LogP) is 5.06. The summed E-state index contributed by atoms with van der Waals surface area (Å²) in [6.07, 6.45) is 3.05. The van der Waals surface area contributed by atoms with E-state index in [1.54, 1.807) is 28.0 Å². The lowest BCUT2D eigenvalue weighted by atomic mass is 10.1. The molecule has 0 bridgehead atoms. The first-order valence-corrected chi connectivity index (χ1v) is 11.5. The highest BCUT2D eigenvalue weighted by molar-refractivity contribution is 7.92. The molecule has 0 spiro atoms. The van der Waals surface area contributed by atoms with Gasteiger partial charge in [-0.05, 0) is 26.0 Å². The Balaban J connectivity index is 1.51. The maximum atomic E-state index is 12.6. The normalized spacial score (nSPS) is 11.7. The molecule has 4 aromatic rings. The van der Waals surface area contributed by atoms with Crippen LogP contribution in [0.3, 0.4) is 0 Å². The van der Waals surface area contributed by atoms with Crippen molar-refractivity contribution in [3.05, 3.63) is 72.5 Å². The van der Waals surface area contributed by atoms with E-state index in [1.165, 1.54) is 12.5 Å². The lowest BCUT2D eigenvalue weighted by Gasteiger charge is -2.07. The van der Waals surface area contributed by atoms with Gasteiger partial charge in [0, 0.05) is 34.4 Å². The van der Waals surface area contributed by atoms with Crippen LogP contribution >= 0.6 is 11.3 Å². The third-order valence-corrected chi connectivity index (χ3v) is 6.56. The van der Waals surface area contributed by atoms with Gasteiger partial charge in [0.05, 0.1) is 12.0 Å². The van der Waals surface area contributed by atoms with E-state index >= 15 is 0 Å². The summed E-state index contributed by atoms with van der Waals surface area (Å²) in [5, 5.41) is 2.95. The summed E-state index contributed by atoms with van der Waals surface area (Å²) in [4.78, 5) is 8.69. The van der Waals surface area contributed by atoms with Gasteiger partial charge in [-0.25, -0.2) is 9.97 Å². The summed E-state index contributed by atoms with van der Waals surface area (Å²) >= 11 is 1.58. The number of hydrogen-bond acceptors (Lipinski definition) is 5. The Labute approximate surface area is 174 Å². The smallest absolute Gasteiger partial charge is 0.280 e. The Morgan fingerprint density at radius 3 is 2.38 bits per heavy atom. The van der Waals surface area contributed by atoms with Crippen molar-refractivity contribution < 1.29 is 8.42 Å². The number of thiazole rings is 1. The second kappa shape index (κ2) is 7.81. The van der Waals surface area contributed by atoms with Gasteiger partial charge in [-0.3, -0.25) is 4.72 Å². The largest absolute Gasteiger partial charge is 0.334 e. The summed E-state index contributed by atoms with van der Waals surface area (Å²) < 4.78 is 29.4. The number of anilines is 1. The molecule has 0 aliphatic carbocycles. The number of benzene rings is 2. The number of aromatic nitrogens is 3. The van der Waals surface area contributed by atoms with E-state index in [9.17, 15) is 8.42 Å². The minimum Gasteiger partial charge on any atom is -0.334 e. The molecule has 4 rings (SSSR count). The highest BCUT2D eigenvalue weighted by atomic mass is 32.2. The predicted molar refractivity (Wildman–Crippen MR) is 116 cm³/mol. The molecule has 0 atom stereocenters. The zero-order valence-electron chi connectivity index (χ0n) is 16.0. The van der Waals surface area contributed by atoms with Crippen LogP contribution < -0.4 is 4.72 Å². The Morgan fingerprint density at radius 1 is 1.00 bits per heavy atom. The van der Waals surface area contributed by atoms with Crippen molar-refractivity contribution >= 4 is 27.0 Å². The number of rotatable bonds is 6. The van der Waals surface area contributed by atoms with Gasteiger partial charge in [-0.15, -0.1) is 11.3 Å². The number of imidazole rings is 1. The van der Waals surface area contributed by atoms with E-state index in [-0.39, 0.29) is 11.1 Å². The molecule has 0 radical (unpaired) electrons. The molecule has 0 aliphatic heterocycles. The Bertz CT molecular complexity index is 1210. The molecule has 0 saturated carbocycles. The van der Waals surface area contributed by atoms with Crippen LogP contribution in [0.1, 0.15) is 19.9 Å². The highest BCUT2D eigenvalue weighted by Gasteiger charge is 2.18. The maximum absolute atomic E-state index is 12.6. The van der Waals surface area contributed by atoms with Gasteiger partial charge < -0.3 is 4.57 Å². The number of hydrogen-bond donors (Lipinski definition) is 1. The van der Waals surface area contributed by atoms with Gasteiger partial charge in [-0.1, -0.05) is 42.5 Å². The molecule has 1 N–H and O–H groups in total. The van der Waals surface area contributed by atoms with Gasteiger partial charge in [0.1, 0.15) is 5.01 Å². The number of sulfonamides is 1. The average Bonchev–Trinajstić information content (AvgIpc) is 3.40. The van der Waals surface area contributed by atoms with Crippen LogP contribution in [0.4, 0.5) is 5.69 Å². The van der Waals surface area contributed by atoms with E-state index in [2.05, 4.69) is 14.7 Å². The van der Waals surface area contributed by atoms with Crippen molar-refractivity contribution in [2.24, 2.45) is 0 Å². The van der Waals surface area contributed by atoms with Crippen molar-refractivity contribution in [2.75, 3.05) is 4.72 Å². The standard InChI is InChI=1S/C21H20N4O2S2/c1-15(2)25-12-20(22-14-25)29(26,27)24-18-10-8-16(9-11-18)19-13-28-21(23-19)17-6-4-3-5-7-17/h3-15,24H,1-2H3. The quantitative estimate of drug-likeness (QED) is 0.470. The summed E-state index contributed by atoms with van der Waals surface area (Å²) in [5.41, 5.74) is 3.34. The topological polar surface area (TPSA) is 76.9 Å². The van der Waals surface area contributed by atoms with E-state index in [4.69, 9.17) is 0 Å². The minimum atomic E-state index is -3.73. The molecule has 0 unspecified atom stereocenters. The molecule has 29 heavy (non-hydrogen) atoms. The summed E-state index contributed by atoms with van der Waals surface area (Å²) in [7, 11) is -3.73. The molecule has 8 heteroatoms. The van der Waals surface area contributed by atoms with Crippen molar-refractivity contribution in [1.29, 1.82) is 0 Å². The average molecular weight is 425 g/mol. The van der Waals surface area contributed by atoms with E-state index in [0.29, 0.717) is 5.69 Å². The first-order chi connectivity index (χ1) is 13.9. The fourth-order valence-corrected chi connectivity index (χ4v) is 4.61. The molecular formula is C21H20N4O2S2. The van der Waals surface area contributed by atoms with Gasteiger partial charge in [0.15, 0.2) is 5.03 Å². The summed E-state index contributed by atoms with van der Waals surface area (Å²) in [6, 6.07) is 17.3. The fourth-order valence-electron chi connectivity index (χ4n) is 2.78. The Morgan fingerprint density at radius 2 is 1.72 bits per heavy atom. The van der Waals surface area contributed by atoms with E-state index in [1.807, 2.05) is 61.7 Å². The first kappa shape index (κ1) is 19.4. The zero-order valence-corrected chi connectivity index (χ0v) is 17.6. The fraction of sp³-hybridized carbons (Fsp3) is 0.143. The lowest BCUT2D eigenvalue weighted by Crippen LogP contribution is -2.13. The molecule has 0 aliphatic rings. The van der Waals surface area contributed by atoms with Crippen LogP contribution in [0.15, 0.2) is 77.5 Å². The van der Waals surface area contributed by atoms with Crippen LogP contribution in [-0.2, 0) is 10.0 Å². The van der Waals surface area contributed by atoms with Gasteiger partial charge in [0.2, 0.25) is 0 Å². The molecule has 0 fully saturated rings. The van der Waals surface area contributed by atoms with Gasteiger partial charge >= 0.3 is 0 Å². The summed E-state index contributed by atoms with van der Waals surface area (Å²) in [5.74, 6) is 0. The van der Waals surface area contributed by atoms with Crippen LogP contribution in [-0.4, -0.2) is 23.0 Å². The van der Waals surface area contributed by atoms with Crippen LogP contribution in [0.2, 0.25) is 0 Å². The molecule has 0 amide bonds. The van der Waals surface area contributed by atoms with Crippen LogP contribution in [0.25, 0.3) is 21.8 Å². The molecule has 2 aromatic carbocycles. The molecule has 148 valence electrons. The first-order valence-electron chi connectivity index (χ1n) is 9.10. The minimum absolute atomic E-state index is 0.00211. The monoisotopic (exact) mass is 424 g/mol. The SMILES string of the molecule is CC(C)n1cnc(S(=O)(=O)Nc2ccc(-c3csc(-c4ccccc4)n3)cc2)c1. The van der Waals surface area contributed by atoms with Crippen molar-refractivity contribution in [1.82, 2.24) is 14.5 Å². The van der Waals surface area contributed by atoms with E-state index in [0.717, 1.165) is 21.8 Å². The van der Waals surface area contributed by atoms with Crippen molar-refractivity contribution in [3.63, 3.8) is 0 Å². The molecule has 0 saturated heterocycles. The van der Waals surface area contributed by atoms with E-state index < -0.39 is 10.0 Å². The third-order valence-electron chi connectivity index (χ3n) is 4.41.